The van der Waals surface area contributed by atoms with Crippen LogP contribution in [0.25, 0.3) is 0 Å². The van der Waals surface area contributed by atoms with Crippen molar-refractivity contribution in [2.24, 2.45) is 0 Å². The van der Waals surface area contributed by atoms with E-state index in [1.165, 1.54) is 12.1 Å². The largest absolute Gasteiger partial charge is 0.204 e. The van der Waals surface area contributed by atoms with Crippen molar-refractivity contribution in [1.29, 1.82) is 0 Å². The fraction of sp³-hybridized carbons (Fsp3) is 0. The molecular formula is C24H18F2P+. The van der Waals surface area contributed by atoms with Crippen LogP contribution in [0, 0.1) is 11.6 Å². The summed E-state index contributed by atoms with van der Waals surface area (Å²) in [4.78, 5) is 0. The molecule has 3 heteroatoms. The highest BCUT2D eigenvalue weighted by atomic mass is 31.2. The van der Waals surface area contributed by atoms with Crippen LogP contribution in [-0.4, -0.2) is 0 Å². The molecule has 0 aliphatic rings. The van der Waals surface area contributed by atoms with Crippen LogP contribution in [-0.2, 0) is 0 Å². The lowest BCUT2D eigenvalue weighted by Gasteiger charge is -2.27. The lowest BCUT2D eigenvalue weighted by molar-refractivity contribution is 0.509. The molecule has 0 unspecified atom stereocenters. The van der Waals surface area contributed by atoms with Gasteiger partial charge in [-0.1, -0.05) is 54.6 Å². The van der Waals surface area contributed by atoms with Crippen molar-refractivity contribution >= 4 is 28.5 Å². The Balaban J connectivity index is 2.14. The van der Waals surface area contributed by atoms with E-state index in [0.29, 0.717) is 0 Å². The topological polar surface area (TPSA) is 0 Å². The van der Waals surface area contributed by atoms with E-state index >= 15 is 0 Å². The molecule has 0 saturated carbocycles. The summed E-state index contributed by atoms with van der Waals surface area (Å²) in [6, 6.07) is 34.7. The maximum absolute atomic E-state index is 14.3. The van der Waals surface area contributed by atoms with Crippen LogP contribution in [0.2, 0.25) is 0 Å². The molecule has 0 aromatic heterocycles. The van der Waals surface area contributed by atoms with Crippen LogP contribution in [0.5, 0.6) is 0 Å². The van der Waals surface area contributed by atoms with Gasteiger partial charge in [0.05, 0.1) is 0 Å². The zero-order chi connectivity index (χ0) is 18.7. The summed E-state index contributed by atoms with van der Waals surface area (Å²) in [5, 5.41) is 4.11. The Morgan fingerprint density at radius 2 is 0.815 bits per heavy atom. The van der Waals surface area contributed by atoms with E-state index < -0.39 is 18.9 Å². The lowest BCUT2D eigenvalue weighted by Crippen LogP contribution is -2.38. The van der Waals surface area contributed by atoms with E-state index in [-0.39, 0.29) is 0 Å². The van der Waals surface area contributed by atoms with Crippen molar-refractivity contribution in [3.8, 4) is 0 Å². The molecule has 0 spiro atoms. The molecule has 27 heavy (non-hydrogen) atoms. The predicted octanol–water partition coefficient (Wildman–Crippen LogP) is 4.58. The summed E-state index contributed by atoms with van der Waals surface area (Å²) in [6.45, 7) is 0. The predicted molar refractivity (Wildman–Crippen MR) is 111 cm³/mol. The second-order valence-electron chi connectivity index (χ2n) is 6.28. The van der Waals surface area contributed by atoms with Crippen LogP contribution in [0.15, 0.2) is 109 Å². The highest BCUT2D eigenvalue weighted by Crippen LogP contribution is 2.54. The van der Waals surface area contributed by atoms with Crippen LogP contribution in [0.1, 0.15) is 0 Å². The van der Waals surface area contributed by atoms with Gasteiger partial charge in [0.15, 0.2) is 11.6 Å². The molecule has 0 atom stereocenters. The highest BCUT2D eigenvalue weighted by Gasteiger charge is 2.48. The first-order valence-electron chi connectivity index (χ1n) is 8.74. The number of hydrogen-bond acceptors (Lipinski definition) is 0. The summed E-state index contributed by atoms with van der Waals surface area (Å²) in [7, 11) is -2.36. The zero-order valence-corrected chi connectivity index (χ0v) is 15.5. The van der Waals surface area contributed by atoms with Crippen molar-refractivity contribution < 1.29 is 8.78 Å². The van der Waals surface area contributed by atoms with E-state index in [0.717, 1.165) is 21.2 Å². The standard InChI is InChI=1S/C24H18F2P/c25-23-17-16-22(18-24(23)26)27(19-10-4-1-5-11-19,20-12-6-2-7-13-20)21-14-8-3-9-15-21/h1-18H/q+1. The van der Waals surface area contributed by atoms with Crippen LogP contribution in [0.4, 0.5) is 8.78 Å². The third-order valence-electron chi connectivity index (χ3n) is 4.72. The molecule has 132 valence electrons. The molecule has 0 aliphatic carbocycles. The second-order valence-corrected chi connectivity index (χ2v) is 9.68. The molecule has 4 aromatic carbocycles. The number of halogens is 2. The van der Waals surface area contributed by atoms with Crippen molar-refractivity contribution in [3.63, 3.8) is 0 Å². The Morgan fingerprint density at radius 1 is 0.407 bits per heavy atom. The van der Waals surface area contributed by atoms with Crippen LogP contribution in [0.3, 0.4) is 0 Å². The summed E-state index contributed by atoms with van der Waals surface area (Å²) in [5.74, 6) is -1.65. The van der Waals surface area contributed by atoms with Crippen molar-refractivity contribution in [3.05, 3.63) is 121 Å². The lowest BCUT2D eigenvalue weighted by atomic mass is 10.3. The fourth-order valence-electron chi connectivity index (χ4n) is 3.54. The summed E-state index contributed by atoms with van der Waals surface area (Å²) < 4.78 is 28.0. The molecule has 0 N–H and O–H groups in total. The molecular weight excluding hydrogens is 357 g/mol. The summed E-state index contributed by atoms with van der Waals surface area (Å²) in [6.07, 6.45) is 0. The van der Waals surface area contributed by atoms with Crippen LogP contribution >= 0.6 is 7.26 Å². The van der Waals surface area contributed by atoms with Gasteiger partial charge in [0.2, 0.25) is 0 Å². The SMILES string of the molecule is Fc1ccc([P+](c2ccccc2)(c2ccccc2)c2ccccc2)cc1F. The third-order valence-corrected chi connectivity index (χ3v) is 8.99. The Bertz CT molecular complexity index is 935. The number of benzene rings is 4. The van der Waals surface area contributed by atoms with Crippen molar-refractivity contribution in [2.75, 3.05) is 0 Å². The third kappa shape index (κ3) is 3.07. The van der Waals surface area contributed by atoms with Gasteiger partial charge in [0.25, 0.3) is 0 Å². The minimum absolute atomic E-state index is 0.796. The fourth-order valence-corrected chi connectivity index (χ4v) is 7.79. The molecule has 0 nitrogen and oxygen atoms in total. The van der Waals surface area contributed by atoms with Gasteiger partial charge < -0.3 is 0 Å². The first-order chi connectivity index (χ1) is 13.2. The minimum Gasteiger partial charge on any atom is -0.204 e. The number of hydrogen-bond donors (Lipinski definition) is 0. The highest BCUT2D eigenvalue weighted by molar-refractivity contribution is 8.01. The molecule has 4 rings (SSSR count). The van der Waals surface area contributed by atoms with E-state index in [1.807, 2.05) is 54.6 Å². The molecule has 0 heterocycles. The zero-order valence-electron chi connectivity index (χ0n) is 14.6. The van der Waals surface area contributed by atoms with E-state index in [9.17, 15) is 8.78 Å². The Morgan fingerprint density at radius 3 is 1.19 bits per heavy atom. The summed E-state index contributed by atoms with van der Waals surface area (Å²) >= 11 is 0. The minimum atomic E-state index is -2.36. The van der Waals surface area contributed by atoms with E-state index in [2.05, 4.69) is 36.4 Å². The average molecular weight is 375 g/mol. The van der Waals surface area contributed by atoms with Gasteiger partial charge in [-0.15, -0.1) is 0 Å². The first kappa shape index (κ1) is 17.6. The van der Waals surface area contributed by atoms with Gasteiger partial charge in [-0.05, 0) is 48.5 Å². The quantitative estimate of drug-likeness (QED) is 0.458. The van der Waals surface area contributed by atoms with E-state index in [4.69, 9.17) is 0 Å². The smallest absolute Gasteiger partial charge is 0.162 e. The maximum atomic E-state index is 14.3. The van der Waals surface area contributed by atoms with Gasteiger partial charge in [0.1, 0.15) is 28.5 Å². The number of rotatable bonds is 4. The molecule has 0 saturated heterocycles. The van der Waals surface area contributed by atoms with Crippen LogP contribution < -0.4 is 21.2 Å². The molecule has 0 aliphatic heterocycles. The molecule has 4 aromatic rings. The normalized spacial score (nSPS) is 11.3. The second kappa shape index (κ2) is 7.42. The van der Waals surface area contributed by atoms with Gasteiger partial charge in [-0.3, -0.25) is 0 Å². The molecule has 0 radical (unpaired) electrons. The Labute approximate surface area is 158 Å². The van der Waals surface area contributed by atoms with Crippen molar-refractivity contribution in [2.45, 2.75) is 0 Å². The maximum Gasteiger partial charge on any atom is 0.162 e. The van der Waals surface area contributed by atoms with Gasteiger partial charge in [-0.2, -0.15) is 0 Å². The monoisotopic (exact) mass is 375 g/mol. The van der Waals surface area contributed by atoms with Gasteiger partial charge in [0, 0.05) is 6.07 Å². The summed E-state index contributed by atoms with van der Waals surface area (Å²) in [5.41, 5.74) is 0. The van der Waals surface area contributed by atoms with Crippen molar-refractivity contribution in [1.82, 2.24) is 0 Å². The van der Waals surface area contributed by atoms with Gasteiger partial charge >= 0.3 is 0 Å². The Hall–Kier alpha value is -2.83. The Kier molecular flexibility index (Phi) is 4.83. The first-order valence-corrected chi connectivity index (χ1v) is 10.5. The molecule has 0 fully saturated rings. The van der Waals surface area contributed by atoms with Gasteiger partial charge in [-0.25, -0.2) is 8.78 Å². The molecule has 0 amide bonds. The van der Waals surface area contributed by atoms with E-state index in [1.54, 1.807) is 6.07 Å². The average Bonchev–Trinajstić information content (AvgIpc) is 2.74. The molecule has 0 bridgehead atoms.